The summed E-state index contributed by atoms with van der Waals surface area (Å²) in [5, 5.41) is 11.7. The minimum atomic E-state index is -1.07. The second kappa shape index (κ2) is 8.08. The number of rotatable bonds is 5. The number of carbonyl (C=O) groups excluding carboxylic acids is 1. The van der Waals surface area contributed by atoms with Gasteiger partial charge in [-0.05, 0) is 12.1 Å². The number of amides is 1. The summed E-state index contributed by atoms with van der Waals surface area (Å²) in [5.41, 5.74) is 0.554. The lowest BCUT2D eigenvalue weighted by Gasteiger charge is -2.06. The second-order valence-corrected chi connectivity index (χ2v) is 4.29. The monoisotopic (exact) mass is 295 g/mol. The molecule has 0 saturated carbocycles. The number of carboxylic acids is 1. The van der Waals surface area contributed by atoms with E-state index in [0.717, 1.165) is 0 Å². The molecule has 0 aliphatic carbocycles. The molecule has 2 N–H and O–H groups in total. The zero-order valence-electron chi connectivity index (χ0n) is 10.9. The molecule has 20 heavy (non-hydrogen) atoms. The Morgan fingerprint density at radius 2 is 2.20 bits per heavy atom. The van der Waals surface area contributed by atoms with Gasteiger partial charge in [-0.2, -0.15) is 0 Å². The van der Waals surface area contributed by atoms with Crippen molar-refractivity contribution in [1.82, 2.24) is 5.32 Å². The minimum absolute atomic E-state index is 0.108. The molecule has 0 aromatic heterocycles. The third-order valence-electron chi connectivity index (χ3n) is 2.14. The molecule has 0 unspecified atom stereocenters. The van der Waals surface area contributed by atoms with Crippen LogP contribution in [0.5, 0.6) is 5.75 Å². The lowest BCUT2D eigenvalue weighted by molar-refractivity contribution is -0.139. The van der Waals surface area contributed by atoms with Crippen LogP contribution >= 0.6 is 11.6 Å². The van der Waals surface area contributed by atoms with E-state index < -0.39 is 12.6 Å². The Kier molecular flexibility index (Phi) is 6.41. The normalized spacial score (nSPS) is 9.30. The maximum atomic E-state index is 10.7. The Bertz CT molecular complexity index is 560. The van der Waals surface area contributed by atoms with Crippen LogP contribution in [0.2, 0.25) is 5.02 Å². The maximum absolute atomic E-state index is 10.7. The topological polar surface area (TPSA) is 75.6 Å². The zero-order chi connectivity index (χ0) is 15.0. The molecule has 6 heteroatoms. The summed E-state index contributed by atoms with van der Waals surface area (Å²) in [6.07, 6.45) is 0.487. The Morgan fingerprint density at radius 3 is 2.85 bits per heavy atom. The van der Waals surface area contributed by atoms with Crippen LogP contribution in [0.15, 0.2) is 18.2 Å². The number of aliphatic carboxylic acids is 1. The molecule has 0 atom stereocenters. The highest BCUT2D eigenvalue weighted by molar-refractivity contribution is 6.30. The van der Waals surface area contributed by atoms with E-state index in [0.29, 0.717) is 29.3 Å². The lowest BCUT2D eigenvalue weighted by atomic mass is 10.2. The van der Waals surface area contributed by atoms with Crippen LogP contribution in [0.1, 0.15) is 18.9 Å². The molecule has 0 spiro atoms. The number of halogens is 1. The van der Waals surface area contributed by atoms with Crippen molar-refractivity contribution in [2.24, 2.45) is 0 Å². The first kappa shape index (κ1) is 15.9. The summed E-state index contributed by atoms with van der Waals surface area (Å²) in [7, 11) is 0. The summed E-state index contributed by atoms with van der Waals surface area (Å²) in [5.74, 6) is 4.87. The van der Waals surface area contributed by atoms with Gasteiger partial charge in [0.25, 0.3) is 0 Å². The predicted molar refractivity (Wildman–Crippen MR) is 74.8 cm³/mol. The van der Waals surface area contributed by atoms with E-state index in [1.807, 2.05) is 0 Å². The third-order valence-corrected chi connectivity index (χ3v) is 2.38. The van der Waals surface area contributed by atoms with Crippen molar-refractivity contribution >= 4 is 23.5 Å². The third kappa shape index (κ3) is 6.12. The Labute approximate surface area is 121 Å². The van der Waals surface area contributed by atoms with Gasteiger partial charge in [-0.1, -0.05) is 23.4 Å². The molecular formula is C14H14ClNO4. The van der Waals surface area contributed by atoms with Gasteiger partial charge >= 0.3 is 5.97 Å². The average Bonchev–Trinajstić information content (AvgIpc) is 2.37. The molecule has 1 amide bonds. The predicted octanol–water partition coefficient (Wildman–Crippen LogP) is 1.68. The molecule has 0 bridgehead atoms. The van der Waals surface area contributed by atoms with Crippen LogP contribution in [0, 0.1) is 11.8 Å². The molecule has 0 aliphatic rings. The van der Waals surface area contributed by atoms with E-state index in [1.54, 1.807) is 12.1 Å². The number of nitrogens with one attached hydrogen (secondary N) is 1. The number of carboxylic acid groups (broad SMARTS) is 1. The Morgan fingerprint density at radius 1 is 1.45 bits per heavy atom. The van der Waals surface area contributed by atoms with Crippen LogP contribution in [-0.4, -0.2) is 30.1 Å². The molecule has 0 heterocycles. The van der Waals surface area contributed by atoms with Gasteiger partial charge < -0.3 is 15.2 Å². The molecule has 0 saturated heterocycles. The highest BCUT2D eigenvalue weighted by Gasteiger charge is 2.05. The van der Waals surface area contributed by atoms with Crippen molar-refractivity contribution < 1.29 is 19.4 Å². The lowest BCUT2D eigenvalue weighted by Crippen LogP contribution is -2.20. The van der Waals surface area contributed by atoms with Gasteiger partial charge in [0.15, 0.2) is 6.61 Å². The van der Waals surface area contributed by atoms with Crippen LogP contribution in [0.25, 0.3) is 0 Å². The standard InChI is InChI=1S/C14H14ClNO4/c1-10(17)16-7-3-2-4-11-5-6-12(15)8-13(11)20-9-14(18)19/h5-6,8H,3,7,9H2,1H3,(H,16,17)(H,18,19). The number of benzene rings is 1. The highest BCUT2D eigenvalue weighted by atomic mass is 35.5. The van der Waals surface area contributed by atoms with E-state index >= 15 is 0 Å². The minimum Gasteiger partial charge on any atom is -0.481 e. The van der Waals surface area contributed by atoms with E-state index in [4.69, 9.17) is 21.4 Å². The van der Waals surface area contributed by atoms with Gasteiger partial charge in [-0.25, -0.2) is 4.79 Å². The summed E-state index contributed by atoms with van der Waals surface area (Å²) < 4.78 is 5.12. The van der Waals surface area contributed by atoms with E-state index in [1.165, 1.54) is 13.0 Å². The summed E-state index contributed by atoms with van der Waals surface area (Å²) >= 11 is 5.83. The quantitative estimate of drug-likeness (QED) is 0.640. The fraction of sp³-hybridized carbons (Fsp3) is 0.286. The molecule has 5 nitrogen and oxygen atoms in total. The molecule has 1 rings (SSSR count). The smallest absolute Gasteiger partial charge is 0.341 e. The Balaban J connectivity index is 2.70. The molecule has 0 radical (unpaired) electrons. The van der Waals surface area contributed by atoms with E-state index in [2.05, 4.69) is 17.2 Å². The van der Waals surface area contributed by atoms with Crippen molar-refractivity contribution in [1.29, 1.82) is 0 Å². The van der Waals surface area contributed by atoms with Crippen molar-refractivity contribution in [3.05, 3.63) is 28.8 Å². The molecule has 0 aliphatic heterocycles. The van der Waals surface area contributed by atoms with Crippen molar-refractivity contribution in [2.45, 2.75) is 13.3 Å². The fourth-order valence-electron chi connectivity index (χ4n) is 1.32. The molecule has 0 fully saturated rings. The first-order chi connectivity index (χ1) is 9.49. The molecule has 1 aromatic rings. The highest BCUT2D eigenvalue weighted by Crippen LogP contribution is 2.22. The summed E-state index contributed by atoms with van der Waals surface area (Å²) in [6.45, 7) is 1.44. The van der Waals surface area contributed by atoms with Crippen LogP contribution in [0.4, 0.5) is 0 Å². The second-order valence-electron chi connectivity index (χ2n) is 3.86. The van der Waals surface area contributed by atoms with Crippen molar-refractivity contribution in [3.63, 3.8) is 0 Å². The largest absolute Gasteiger partial charge is 0.481 e. The number of carbonyl (C=O) groups is 2. The van der Waals surface area contributed by atoms with Gasteiger partial charge in [0.05, 0.1) is 5.56 Å². The SMILES string of the molecule is CC(=O)NCCC#Cc1ccc(Cl)cc1OCC(=O)O. The summed E-state index contributed by atoms with van der Waals surface area (Å²) in [4.78, 5) is 21.2. The molecule has 106 valence electrons. The van der Waals surface area contributed by atoms with Gasteiger partial charge in [-0.15, -0.1) is 0 Å². The van der Waals surface area contributed by atoms with Gasteiger partial charge in [-0.3, -0.25) is 4.79 Å². The zero-order valence-corrected chi connectivity index (χ0v) is 11.7. The molecular weight excluding hydrogens is 282 g/mol. The summed E-state index contributed by atoms with van der Waals surface area (Å²) in [6, 6.07) is 4.82. The van der Waals surface area contributed by atoms with Gasteiger partial charge in [0.1, 0.15) is 5.75 Å². The van der Waals surface area contributed by atoms with Crippen molar-refractivity contribution in [2.75, 3.05) is 13.2 Å². The number of hydrogen-bond donors (Lipinski definition) is 2. The van der Waals surface area contributed by atoms with E-state index in [9.17, 15) is 9.59 Å². The van der Waals surface area contributed by atoms with Gasteiger partial charge in [0, 0.05) is 31.0 Å². The van der Waals surface area contributed by atoms with E-state index in [-0.39, 0.29) is 5.91 Å². The molecule has 1 aromatic carbocycles. The van der Waals surface area contributed by atoms with Crippen LogP contribution in [-0.2, 0) is 9.59 Å². The number of ether oxygens (including phenoxy) is 1. The number of hydrogen-bond acceptors (Lipinski definition) is 3. The maximum Gasteiger partial charge on any atom is 0.341 e. The Hall–Kier alpha value is -2.19. The van der Waals surface area contributed by atoms with Gasteiger partial charge in [0.2, 0.25) is 5.91 Å². The van der Waals surface area contributed by atoms with Crippen molar-refractivity contribution in [3.8, 4) is 17.6 Å². The average molecular weight is 296 g/mol. The van der Waals surface area contributed by atoms with Crippen LogP contribution < -0.4 is 10.1 Å². The first-order valence-corrected chi connectivity index (χ1v) is 6.24. The van der Waals surface area contributed by atoms with Crippen LogP contribution in [0.3, 0.4) is 0 Å². The first-order valence-electron chi connectivity index (χ1n) is 5.86. The fourth-order valence-corrected chi connectivity index (χ4v) is 1.48.